The van der Waals surface area contributed by atoms with Crippen LogP contribution in [-0.4, -0.2) is 47.9 Å². The minimum absolute atomic E-state index is 0.0674. The fraction of sp³-hybridized carbons (Fsp3) is 0.500. The standard InChI is InChI=1S/C14H18BrClN2O/c1-10(2)17-5-7-18(8-6-17)14(19)11-3-4-12(15)13(16)9-11/h3-4,9-10H,5-8H2,1-2H3. The van der Waals surface area contributed by atoms with Crippen LogP contribution in [0.2, 0.25) is 5.02 Å². The second-order valence-corrected chi connectivity index (χ2v) is 6.31. The molecule has 0 unspecified atom stereocenters. The number of halogens is 2. The Hall–Kier alpha value is -0.580. The third kappa shape index (κ3) is 3.50. The van der Waals surface area contributed by atoms with Crippen LogP contribution in [0.25, 0.3) is 0 Å². The Morgan fingerprint density at radius 3 is 2.42 bits per heavy atom. The maximum absolute atomic E-state index is 12.4. The number of amides is 1. The first-order chi connectivity index (χ1) is 8.99. The molecule has 0 atom stereocenters. The SMILES string of the molecule is CC(C)N1CCN(C(=O)c2ccc(Br)c(Cl)c2)CC1. The lowest BCUT2D eigenvalue weighted by Gasteiger charge is -2.37. The summed E-state index contributed by atoms with van der Waals surface area (Å²) in [5.41, 5.74) is 0.659. The fourth-order valence-electron chi connectivity index (χ4n) is 2.25. The fourth-order valence-corrected chi connectivity index (χ4v) is 2.68. The molecule has 1 amide bonds. The molecule has 1 aromatic rings. The van der Waals surface area contributed by atoms with Crippen LogP contribution in [0.3, 0.4) is 0 Å². The van der Waals surface area contributed by atoms with Crippen molar-refractivity contribution in [2.45, 2.75) is 19.9 Å². The summed E-state index contributed by atoms with van der Waals surface area (Å²) in [7, 11) is 0. The van der Waals surface area contributed by atoms with E-state index in [1.165, 1.54) is 0 Å². The van der Waals surface area contributed by atoms with Gasteiger partial charge in [-0.05, 0) is 48.0 Å². The van der Waals surface area contributed by atoms with Gasteiger partial charge in [0.25, 0.3) is 5.91 Å². The van der Waals surface area contributed by atoms with E-state index in [4.69, 9.17) is 11.6 Å². The number of carbonyl (C=O) groups is 1. The molecular formula is C14H18BrClN2O. The lowest BCUT2D eigenvalue weighted by Crippen LogP contribution is -2.50. The molecular weight excluding hydrogens is 328 g/mol. The average Bonchev–Trinajstić information content (AvgIpc) is 2.41. The molecule has 1 saturated heterocycles. The van der Waals surface area contributed by atoms with Crippen LogP contribution in [0, 0.1) is 0 Å². The number of hydrogen-bond acceptors (Lipinski definition) is 2. The topological polar surface area (TPSA) is 23.6 Å². The van der Waals surface area contributed by atoms with E-state index >= 15 is 0 Å². The number of hydrogen-bond donors (Lipinski definition) is 0. The highest BCUT2D eigenvalue weighted by molar-refractivity contribution is 9.10. The monoisotopic (exact) mass is 344 g/mol. The van der Waals surface area contributed by atoms with Gasteiger partial charge < -0.3 is 4.90 Å². The van der Waals surface area contributed by atoms with Gasteiger partial charge in [-0.1, -0.05) is 11.6 Å². The highest BCUT2D eigenvalue weighted by Gasteiger charge is 2.23. The number of rotatable bonds is 2. The van der Waals surface area contributed by atoms with Gasteiger partial charge in [0.2, 0.25) is 0 Å². The first-order valence-electron chi connectivity index (χ1n) is 6.47. The van der Waals surface area contributed by atoms with E-state index in [0.717, 1.165) is 30.7 Å². The molecule has 0 aromatic heterocycles. The van der Waals surface area contributed by atoms with Gasteiger partial charge in [-0.15, -0.1) is 0 Å². The van der Waals surface area contributed by atoms with Crippen molar-refractivity contribution in [3.63, 3.8) is 0 Å². The van der Waals surface area contributed by atoms with Gasteiger partial charge in [-0.25, -0.2) is 0 Å². The molecule has 1 heterocycles. The van der Waals surface area contributed by atoms with Crippen LogP contribution in [0.4, 0.5) is 0 Å². The lowest BCUT2D eigenvalue weighted by molar-refractivity contribution is 0.0595. The van der Waals surface area contributed by atoms with Crippen LogP contribution >= 0.6 is 27.5 Å². The molecule has 2 rings (SSSR count). The predicted molar refractivity (Wildman–Crippen MR) is 81.8 cm³/mol. The Bertz CT molecular complexity index is 471. The van der Waals surface area contributed by atoms with Gasteiger partial charge in [-0.3, -0.25) is 9.69 Å². The summed E-state index contributed by atoms with van der Waals surface area (Å²) >= 11 is 9.37. The van der Waals surface area contributed by atoms with Crippen molar-refractivity contribution in [3.8, 4) is 0 Å². The quantitative estimate of drug-likeness (QED) is 0.821. The van der Waals surface area contributed by atoms with Gasteiger partial charge in [0, 0.05) is 42.3 Å². The molecule has 1 aliphatic heterocycles. The molecule has 0 bridgehead atoms. The van der Waals surface area contributed by atoms with E-state index in [0.29, 0.717) is 16.6 Å². The largest absolute Gasteiger partial charge is 0.336 e. The van der Waals surface area contributed by atoms with Gasteiger partial charge in [-0.2, -0.15) is 0 Å². The summed E-state index contributed by atoms with van der Waals surface area (Å²) in [4.78, 5) is 16.7. The maximum Gasteiger partial charge on any atom is 0.253 e. The third-order valence-electron chi connectivity index (χ3n) is 3.50. The summed E-state index contributed by atoms with van der Waals surface area (Å²) in [6.07, 6.45) is 0. The summed E-state index contributed by atoms with van der Waals surface area (Å²) in [5, 5.41) is 0.576. The molecule has 5 heteroatoms. The first-order valence-corrected chi connectivity index (χ1v) is 7.64. The Balaban J connectivity index is 2.03. The van der Waals surface area contributed by atoms with E-state index in [9.17, 15) is 4.79 Å². The molecule has 0 radical (unpaired) electrons. The van der Waals surface area contributed by atoms with Gasteiger partial charge >= 0.3 is 0 Å². The van der Waals surface area contributed by atoms with E-state index < -0.39 is 0 Å². The molecule has 1 fully saturated rings. The molecule has 0 N–H and O–H groups in total. The number of benzene rings is 1. The van der Waals surface area contributed by atoms with Crippen molar-refractivity contribution in [2.24, 2.45) is 0 Å². The Morgan fingerprint density at radius 1 is 1.26 bits per heavy atom. The molecule has 0 spiro atoms. The van der Waals surface area contributed by atoms with Crippen molar-refractivity contribution in [1.82, 2.24) is 9.80 Å². The van der Waals surface area contributed by atoms with Crippen molar-refractivity contribution < 1.29 is 4.79 Å². The predicted octanol–water partition coefficient (Wildman–Crippen LogP) is 3.27. The highest BCUT2D eigenvalue weighted by atomic mass is 79.9. The zero-order chi connectivity index (χ0) is 14.0. The van der Waals surface area contributed by atoms with E-state index in [1.54, 1.807) is 6.07 Å². The van der Waals surface area contributed by atoms with E-state index in [-0.39, 0.29) is 5.91 Å². The molecule has 1 aliphatic rings. The zero-order valence-corrected chi connectivity index (χ0v) is 13.5. The molecule has 104 valence electrons. The van der Waals surface area contributed by atoms with Crippen LogP contribution in [0.1, 0.15) is 24.2 Å². The van der Waals surface area contributed by atoms with Crippen LogP contribution in [0.5, 0.6) is 0 Å². The smallest absolute Gasteiger partial charge is 0.253 e. The number of nitrogens with zero attached hydrogens (tertiary/aromatic N) is 2. The second-order valence-electron chi connectivity index (χ2n) is 5.05. The summed E-state index contributed by atoms with van der Waals surface area (Å²) in [6.45, 7) is 7.81. The van der Waals surface area contributed by atoms with Crippen molar-refractivity contribution in [1.29, 1.82) is 0 Å². The normalized spacial score (nSPS) is 17.0. The average molecular weight is 346 g/mol. The highest BCUT2D eigenvalue weighted by Crippen LogP contribution is 2.24. The van der Waals surface area contributed by atoms with E-state index in [1.807, 2.05) is 17.0 Å². The van der Waals surface area contributed by atoms with Crippen LogP contribution in [-0.2, 0) is 0 Å². The molecule has 3 nitrogen and oxygen atoms in total. The lowest BCUT2D eigenvalue weighted by atomic mass is 10.1. The minimum atomic E-state index is 0.0674. The maximum atomic E-state index is 12.4. The van der Waals surface area contributed by atoms with Crippen LogP contribution in [0.15, 0.2) is 22.7 Å². The van der Waals surface area contributed by atoms with Gasteiger partial charge in [0.15, 0.2) is 0 Å². The van der Waals surface area contributed by atoms with Crippen molar-refractivity contribution >= 4 is 33.4 Å². The Labute approximate surface area is 127 Å². The van der Waals surface area contributed by atoms with Gasteiger partial charge in [0.1, 0.15) is 0 Å². The van der Waals surface area contributed by atoms with E-state index in [2.05, 4.69) is 34.7 Å². The number of piperazine rings is 1. The number of carbonyl (C=O) groups excluding carboxylic acids is 1. The summed E-state index contributed by atoms with van der Waals surface area (Å²) in [5.74, 6) is 0.0674. The molecule has 19 heavy (non-hydrogen) atoms. The minimum Gasteiger partial charge on any atom is -0.336 e. The zero-order valence-electron chi connectivity index (χ0n) is 11.2. The first kappa shape index (κ1) is 14.8. The summed E-state index contributed by atoms with van der Waals surface area (Å²) in [6, 6.07) is 5.90. The van der Waals surface area contributed by atoms with Crippen molar-refractivity contribution in [2.75, 3.05) is 26.2 Å². The van der Waals surface area contributed by atoms with Crippen molar-refractivity contribution in [3.05, 3.63) is 33.3 Å². The molecule has 1 aromatic carbocycles. The van der Waals surface area contributed by atoms with Crippen LogP contribution < -0.4 is 0 Å². The molecule has 0 saturated carbocycles. The molecule has 0 aliphatic carbocycles. The second kappa shape index (κ2) is 6.25. The third-order valence-corrected chi connectivity index (χ3v) is 4.73. The Kier molecular flexibility index (Phi) is 4.87. The Morgan fingerprint density at radius 2 is 1.89 bits per heavy atom. The van der Waals surface area contributed by atoms with Gasteiger partial charge in [0.05, 0.1) is 5.02 Å². The summed E-state index contributed by atoms with van der Waals surface area (Å²) < 4.78 is 0.815.